The standard InChI is InChI=1S/C37H32N3O.C18H24NSi.Ir/c1-22(2)29-20-27(25-11-7-6-8-12-25)21-30(23(3)4)35(29)40-33-14-10-9-13-32(33)39-36(40)26-16-18-34-31(19-26)28-17-15-24(5)38-37(28)41-34;1-14(2)11-16-12-17(15-9-7-6-8-10-15)19-13-18(16)20(3,4)5;/h6-15,17-23H,1-5H3;6-9,12-14H,11H2,1-5H3;/q2*-1;/i;11D2;. The van der Waals surface area contributed by atoms with Gasteiger partial charge in [0.1, 0.15) is 0 Å². The number of nitrogens with zero attached hydrogens (tertiary/aromatic N) is 4. The first kappa shape index (κ1) is 41.9. The summed E-state index contributed by atoms with van der Waals surface area (Å²) in [5.74, 6) is 1.40. The predicted molar refractivity (Wildman–Crippen MR) is 259 cm³/mol. The van der Waals surface area contributed by atoms with Crippen molar-refractivity contribution in [1.82, 2.24) is 19.5 Å². The van der Waals surface area contributed by atoms with Crippen LogP contribution in [0, 0.1) is 25.0 Å². The first-order chi connectivity index (χ1) is 30.0. The normalized spacial score (nSPS) is 12.5. The molecule has 62 heavy (non-hydrogen) atoms. The van der Waals surface area contributed by atoms with Crippen molar-refractivity contribution in [3.63, 3.8) is 0 Å². The average molecular weight is 1010 g/mol. The van der Waals surface area contributed by atoms with Crippen molar-refractivity contribution in [2.75, 3.05) is 0 Å². The molecule has 0 aliphatic rings. The fourth-order valence-corrected chi connectivity index (χ4v) is 9.46. The van der Waals surface area contributed by atoms with Crippen LogP contribution in [0.5, 0.6) is 0 Å². The molecule has 7 heteroatoms. The zero-order valence-electron chi connectivity index (χ0n) is 39.4. The van der Waals surface area contributed by atoms with Gasteiger partial charge in [-0.3, -0.25) is 4.98 Å². The summed E-state index contributed by atoms with van der Waals surface area (Å²) in [6.07, 6.45) is 0.528. The SMILES string of the molecule is Cc1ccc2c(n1)oc1c[c-]c(-c3nc4ccccc4n3-c3c(C(C)C)cc(-c4ccccc4)cc3C(C)C)cc12.[2H]C([2H])(c1cc(-c2[c-]cccc2)ncc1[Si](C)(C)C)C(C)C.[Ir]. The van der Waals surface area contributed by atoms with Gasteiger partial charge in [0.05, 0.1) is 30.5 Å². The van der Waals surface area contributed by atoms with Gasteiger partial charge in [-0.2, -0.15) is 0 Å². The third-order valence-electron chi connectivity index (χ3n) is 11.1. The number of imidazole rings is 1. The topological polar surface area (TPSA) is 56.7 Å². The first-order valence-corrected chi connectivity index (χ1v) is 24.9. The van der Waals surface area contributed by atoms with E-state index in [9.17, 15) is 0 Å². The number of para-hydroxylation sites is 2. The van der Waals surface area contributed by atoms with E-state index >= 15 is 0 Å². The summed E-state index contributed by atoms with van der Waals surface area (Å²) >= 11 is 0. The maximum absolute atomic E-state index is 8.55. The first-order valence-electron chi connectivity index (χ1n) is 22.4. The van der Waals surface area contributed by atoms with Crippen molar-refractivity contribution in [2.45, 2.75) is 86.3 Å². The molecule has 9 aromatic rings. The molecular weight excluding hydrogens is 953 g/mol. The van der Waals surface area contributed by atoms with Gasteiger partial charge in [-0.05, 0) is 101 Å². The molecule has 5 aromatic carbocycles. The second kappa shape index (κ2) is 18.5. The molecule has 9 rings (SSSR count). The maximum atomic E-state index is 8.55. The number of hydrogen-bond donors (Lipinski definition) is 0. The third-order valence-corrected chi connectivity index (χ3v) is 13.1. The van der Waals surface area contributed by atoms with E-state index in [-0.39, 0.29) is 26.0 Å². The molecular formula is C55H56IrN4OSi-2. The van der Waals surface area contributed by atoms with E-state index in [2.05, 4.69) is 153 Å². The van der Waals surface area contributed by atoms with Gasteiger partial charge in [0.15, 0.2) is 0 Å². The number of fused-ring (bicyclic) bond motifs is 4. The molecule has 0 fully saturated rings. The minimum Gasteiger partial charge on any atom is -0.486 e. The molecule has 317 valence electrons. The summed E-state index contributed by atoms with van der Waals surface area (Å²) in [5, 5.41) is 3.12. The number of aryl methyl sites for hydroxylation is 1. The summed E-state index contributed by atoms with van der Waals surface area (Å²) in [5.41, 5.74) is 14.1. The fraction of sp³-hybridized carbons (Fsp3) is 0.255. The van der Waals surface area contributed by atoms with E-state index in [1.807, 2.05) is 69.4 Å². The second-order valence-electron chi connectivity index (χ2n) is 17.9. The summed E-state index contributed by atoms with van der Waals surface area (Å²) < 4.78 is 25.5. The van der Waals surface area contributed by atoms with Gasteiger partial charge in [0.2, 0.25) is 5.71 Å². The molecule has 0 N–H and O–H groups in total. The Morgan fingerprint density at radius 1 is 0.726 bits per heavy atom. The molecule has 0 bridgehead atoms. The van der Waals surface area contributed by atoms with Crippen LogP contribution in [0.4, 0.5) is 0 Å². The van der Waals surface area contributed by atoms with Gasteiger partial charge in [-0.15, -0.1) is 59.7 Å². The molecule has 0 unspecified atom stereocenters. The van der Waals surface area contributed by atoms with E-state index in [0.717, 1.165) is 66.5 Å². The summed E-state index contributed by atoms with van der Waals surface area (Å²) in [7, 11) is -1.67. The van der Waals surface area contributed by atoms with Crippen molar-refractivity contribution in [1.29, 1.82) is 0 Å². The molecule has 1 radical (unpaired) electrons. The van der Waals surface area contributed by atoms with Crippen molar-refractivity contribution in [2.24, 2.45) is 5.92 Å². The van der Waals surface area contributed by atoms with Gasteiger partial charge >= 0.3 is 0 Å². The summed E-state index contributed by atoms with van der Waals surface area (Å²) in [6.45, 7) is 21.7. The molecule has 0 saturated carbocycles. The fourth-order valence-electron chi connectivity index (χ4n) is 8.05. The van der Waals surface area contributed by atoms with Crippen LogP contribution in [0.3, 0.4) is 0 Å². The molecule has 0 atom stereocenters. The van der Waals surface area contributed by atoms with E-state index < -0.39 is 14.4 Å². The predicted octanol–water partition coefficient (Wildman–Crippen LogP) is 14.3. The number of benzene rings is 5. The van der Waals surface area contributed by atoms with E-state index in [1.165, 1.54) is 27.9 Å². The molecule has 0 aliphatic carbocycles. The van der Waals surface area contributed by atoms with Crippen LogP contribution in [0.2, 0.25) is 19.6 Å². The van der Waals surface area contributed by atoms with E-state index in [4.69, 9.17) is 12.1 Å². The van der Waals surface area contributed by atoms with E-state index in [1.54, 1.807) is 0 Å². The second-order valence-corrected chi connectivity index (χ2v) is 22.9. The van der Waals surface area contributed by atoms with Crippen LogP contribution in [0.15, 0.2) is 132 Å². The van der Waals surface area contributed by atoms with Crippen molar-refractivity contribution in [3.8, 4) is 39.5 Å². The van der Waals surface area contributed by atoms with Gasteiger partial charge in [-0.25, -0.2) is 4.98 Å². The Labute approximate surface area is 384 Å². The zero-order chi connectivity index (χ0) is 44.8. The van der Waals surface area contributed by atoms with Gasteiger partial charge in [-0.1, -0.05) is 121 Å². The Morgan fingerprint density at radius 3 is 2.08 bits per heavy atom. The van der Waals surface area contributed by atoms with Crippen LogP contribution in [-0.4, -0.2) is 27.6 Å². The molecule has 0 saturated heterocycles. The molecule has 0 aliphatic heterocycles. The summed E-state index contributed by atoms with van der Waals surface area (Å²) in [4.78, 5) is 14.4. The quantitative estimate of drug-likeness (QED) is 0.107. The molecule has 0 amide bonds. The Bertz CT molecular complexity index is 3050. The minimum atomic E-state index is -1.67. The average Bonchev–Trinajstić information content (AvgIpc) is 3.83. The molecule has 5 nitrogen and oxygen atoms in total. The monoisotopic (exact) mass is 1010 g/mol. The van der Waals surface area contributed by atoms with Crippen molar-refractivity contribution < 1.29 is 27.3 Å². The Balaban J connectivity index is 0.000000227. The van der Waals surface area contributed by atoms with Crippen LogP contribution in [0.1, 0.15) is 78.5 Å². The molecule has 4 heterocycles. The third kappa shape index (κ3) is 9.17. The van der Waals surface area contributed by atoms with E-state index in [0.29, 0.717) is 17.5 Å². The number of rotatable bonds is 9. The Morgan fingerprint density at radius 2 is 1.42 bits per heavy atom. The summed E-state index contributed by atoms with van der Waals surface area (Å²) in [6, 6.07) is 48.3. The molecule has 4 aromatic heterocycles. The van der Waals surface area contributed by atoms with Gasteiger partial charge < -0.3 is 14.0 Å². The van der Waals surface area contributed by atoms with Crippen LogP contribution in [0.25, 0.3) is 72.6 Å². The van der Waals surface area contributed by atoms with Crippen molar-refractivity contribution >= 4 is 46.4 Å². The minimum absolute atomic E-state index is 0. The molecule has 0 spiro atoms. The smallest absolute Gasteiger partial charge is 0.216 e. The Hall–Kier alpha value is -5.46. The van der Waals surface area contributed by atoms with Gasteiger partial charge in [0.25, 0.3) is 0 Å². The van der Waals surface area contributed by atoms with Crippen LogP contribution >= 0.6 is 0 Å². The zero-order valence-corrected chi connectivity index (χ0v) is 40.8. The number of hydrogen-bond acceptors (Lipinski definition) is 4. The Kier molecular flexibility index (Phi) is 12.5. The number of pyridine rings is 2. The van der Waals surface area contributed by atoms with Gasteiger partial charge in [0, 0.05) is 45.8 Å². The van der Waals surface area contributed by atoms with Crippen LogP contribution < -0.4 is 5.19 Å². The van der Waals surface area contributed by atoms with Crippen molar-refractivity contribution in [3.05, 3.63) is 162 Å². The number of furan rings is 1. The maximum Gasteiger partial charge on any atom is 0.216 e. The van der Waals surface area contributed by atoms with Crippen LogP contribution in [-0.2, 0) is 26.5 Å². The number of aromatic nitrogens is 4. The largest absolute Gasteiger partial charge is 0.486 e.